The van der Waals surface area contributed by atoms with Crippen molar-refractivity contribution in [3.8, 4) is 11.4 Å². The van der Waals surface area contributed by atoms with Crippen molar-refractivity contribution in [1.29, 1.82) is 0 Å². The first-order valence-corrected chi connectivity index (χ1v) is 10.7. The molecule has 7 nitrogen and oxygen atoms in total. The highest BCUT2D eigenvalue weighted by atomic mass is 32.2. The molecule has 0 radical (unpaired) electrons. The Kier molecular flexibility index (Phi) is 5.69. The Hall–Kier alpha value is -2.26. The van der Waals surface area contributed by atoms with Crippen molar-refractivity contribution in [1.82, 2.24) is 24.9 Å². The van der Waals surface area contributed by atoms with Gasteiger partial charge in [0.05, 0.1) is 18.4 Å². The van der Waals surface area contributed by atoms with Gasteiger partial charge in [-0.2, -0.15) is 4.98 Å². The van der Waals surface area contributed by atoms with Gasteiger partial charge in [0, 0.05) is 17.6 Å². The van der Waals surface area contributed by atoms with E-state index < -0.39 is 0 Å². The monoisotopic (exact) mass is 417 g/mol. The van der Waals surface area contributed by atoms with Crippen LogP contribution in [0.15, 0.2) is 33.9 Å². The Morgan fingerprint density at radius 2 is 2.00 bits per heavy atom. The van der Waals surface area contributed by atoms with E-state index in [9.17, 15) is 4.39 Å². The Morgan fingerprint density at radius 1 is 1.21 bits per heavy atom. The van der Waals surface area contributed by atoms with Crippen LogP contribution in [0, 0.1) is 5.82 Å². The number of ether oxygens (including phenoxy) is 1. The molecule has 3 heterocycles. The Bertz CT molecular complexity index is 958. The number of hydrogen-bond donors (Lipinski definition) is 0. The van der Waals surface area contributed by atoms with Crippen LogP contribution < -0.4 is 0 Å². The van der Waals surface area contributed by atoms with Gasteiger partial charge in [-0.05, 0) is 37.1 Å². The zero-order chi connectivity index (χ0) is 20.4. The second kappa shape index (κ2) is 8.23. The van der Waals surface area contributed by atoms with Crippen molar-refractivity contribution < 1.29 is 13.7 Å². The fourth-order valence-corrected chi connectivity index (χ4v) is 3.90. The number of hydrogen-bond acceptors (Lipinski definition) is 7. The fraction of sp³-hybridized carbons (Fsp3) is 0.500. The third kappa shape index (κ3) is 4.67. The van der Waals surface area contributed by atoms with Gasteiger partial charge in [0.2, 0.25) is 5.89 Å². The van der Waals surface area contributed by atoms with Crippen LogP contribution in [0.1, 0.15) is 45.3 Å². The molecule has 0 amide bonds. The summed E-state index contributed by atoms with van der Waals surface area (Å²) in [7, 11) is 0. The minimum Gasteiger partial charge on any atom is -0.376 e. The number of halogens is 1. The highest BCUT2D eigenvalue weighted by Crippen LogP contribution is 2.29. The van der Waals surface area contributed by atoms with Crippen molar-refractivity contribution in [2.75, 3.05) is 6.61 Å². The lowest BCUT2D eigenvalue weighted by molar-refractivity contribution is 0.0953. The molecule has 9 heteroatoms. The van der Waals surface area contributed by atoms with E-state index in [0.29, 0.717) is 29.8 Å². The number of aromatic nitrogens is 5. The molecule has 0 aliphatic carbocycles. The average Bonchev–Trinajstić information content (AvgIpc) is 3.42. The molecule has 0 bridgehead atoms. The predicted molar refractivity (Wildman–Crippen MR) is 107 cm³/mol. The molecule has 0 spiro atoms. The maximum Gasteiger partial charge on any atom is 0.232 e. The molecule has 1 aliphatic rings. The quantitative estimate of drug-likeness (QED) is 0.555. The summed E-state index contributed by atoms with van der Waals surface area (Å²) in [6.45, 7) is 7.53. The van der Waals surface area contributed by atoms with Gasteiger partial charge in [-0.15, -0.1) is 10.2 Å². The predicted octanol–water partition coefficient (Wildman–Crippen LogP) is 4.24. The van der Waals surface area contributed by atoms with E-state index in [2.05, 4.69) is 20.3 Å². The molecule has 29 heavy (non-hydrogen) atoms. The van der Waals surface area contributed by atoms with Crippen molar-refractivity contribution in [2.45, 2.75) is 62.6 Å². The Morgan fingerprint density at radius 3 is 2.66 bits per heavy atom. The SMILES string of the molecule is CC(C)(C)c1nc(CSc2nnc(-c3ccc(F)cc3)n2C[C@@H]2CCCO2)no1. The van der Waals surface area contributed by atoms with E-state index in [-0.39, 0.29) is 17.3 Å². The van der Waals surface area contributed by atoms with Crippen LogP contribution in [0.4, 0.5) is 4.39 Å². The standard InChI is InChI=1S/C20H24FN5O2S/c1-20(2,3)18-22-16(25-28-18)12-29-19-24-23-17(13-6-8-14(21)9-7-13)26(19)11-15-5-4-10-27-15/h6-9,15H,4-5,10-12H2,1-3H3/t15-/m0/s1. The van der Waals surface area contributed by atoms with Crippen molar-refractivity contribution in [3.05, 3.63) is 41.8 Å². The van der Waals surface area contributed by atoms with Gasteiger partial charge in [-0.1, -0.05) is 37.7 Å². The maximum absolute atomic E-state index is 13.3. The normalized spacial score (nSPS) is 17.2. The highest BCUT2D eigenvalue weighted by molar-refractivity contribution is 7.98. The first-order valence-electron chi connectivity index (χ1n) is 9.67. The second-order valence-electron chi connectivity index (χ2n) is 8.11. The first-order chi connectivity index (χ1) is 13.9. The molecule has 2 aromatic heterocycles. The maximum atomic E-state index is 13.3. The topological polar surface area (TPSA) is 78.9 Å². The van der Waals surface area contributed by atoms with Crippen LogP contribution in [0.25, 0.3) is 11.4 Å². The van der Waals surface area contributed by atoms with Crippen LogP contribution in [0.5, 0.6) is 0 Å². The van der Waals surface area contributed by atoms with E-state index in [1.54, 1.807) is 12.1 Å². The van der Waals surface area contributed by atoms with Crippen LogP contribution in [0.3, 0.4) is 0 Å². The molecule has 0 N–H and O–H groups in total. The molecule has 1 aromatic carbocycles. The van der Waals surface area contributed by atoms with Gasteiger partial charge >= 0.3 is 0 Å². The van der Waals surface area contributed by atoms with E-state index in [4.69, 9.17) is 9.26 Å². The molecule has 1 atom stereocenters. The molecule has 4 rings (SSSR count). The zero-order valence-electron chi connectivity index (χ0n) is 16.8. The summed E-state index contributed by atoms with van der Waals surface area (Å²) in [4.78, 5) is 4.48. The molecule has 1 fully saturated rings. The molecule has 154 valence electrons. The summed E-state index contributed by atoms with van der Waals surface area (Å²) in [5.41, 5.74) is 0.629. The lowest BCUT2D eigenvalue weighted by Crippen LogP contribution is -2.16. The van der Waals surface area contributed by atoms with Crippen molar-refractivity contribution >= 4 is 11.8 Å². The fourth-order valence-electron chi connectivity index (χ4n) is 3.11. The highest BCUT2D eigenvalue weighted by Gasteiger charge is 2.24. The van der Waals surface area contributed by atoms with E-state index in [1.807, 2.05) is 25.3 Å². The van der Waals surface area contributed by atoms with Crippen LogP contribution in [0.2, 0.25) is 0 Å². The van der Waals surface area contributed by atoms with Gasteiger partial charge in [0.25, 0.3) is 0 Å². The van der Waals surface area contributed by atoms with Gasteiger partial charge in [0.1, 0.15) is 5.82 Å². The van der Waals surface area contributed by atoms with E-state index in [0.717, 1.165) is 30.2 Å². The molecule has 0 saturated carbocycles. The molecular formula is C20H24FN5O2S. The Balaban J connectivity index is 1.57. The van der Waals surface area contributed by atoms with Crippen LogP contribution in [-0.2, 0) is 22.4 Å². The number of nitrogens with zero attached hydrogens (tertiary/aromatic N) is 5. The summed E-state index contributed by atoms with van der Waals surface area (Å²) in [6.07, 6.45) is 2.19. The third-order valence-electron chi connectivity index (χ3n) is 4.67. The van der Waals surface area contributed by atoms with Gasteiger partial charge < -0.3 is 9.26 Å². The number of rotatable bonds is 6. The van der Waals surface area contributed by atoms with Gasteiger partial charge in [-0.25, -0.2) is 4.39 Å². The van der Waals surface area contributed by atoms with Gasteiger partial charge in [-0.3, -0.25) is 4.57 Å². The summed E-state index contributed by atoms with van der Waals surface area (Å²) < 4.78 is 26.6. The van der Waals surface area contributed by atoms with E-state index in [1.165, 1.54) is 23.9 Å². The molecule has 3 aromatic rings. The summed E-state index contributed by atoms with van der Waals surface area (Å²) in [6, 6.07) is 6.30. The third-order valence-corrected chi connectivity index (χ3v) is 5.63. The minimum absolute atomic E-state index is 0.127. The molecular weight excluding hydrogens is 393 g/mol. The number of thioether (sulfide) groups is 1. The lowest BCUT2D eigenvalue weighted by Gasteiger charge is -2.14. The average molecular weight is 418 g/mol. The molecule has 0 unspecified atom stereocenters. The molecule has 1 aliphatic heterocycles. The largest absolute Gasteiger partial charge is 0.376 e. The molecule has 1 saturated heterocycles. The van der Waals surface area contributed by atoms with E-state index >= 15 is 0 Å². The lowest BCUT2D eigenvalue weighted by atomic mass is 9.97. The van der Waals surface area contributed by atoms with Crippen LogP contribution >= 0.6 is 11.8 Å². The zero-order valence-corrected chi connectivity index (χ0v) is 17.6. The van der Waals surface area contributed by atoms with Gasteiger partial charge in [0.15, 0.2) is 16.8 Å². The first kappa shape index (κ1) is 20.0. The summed E-state index contributed by atoms with van der Waals surface area (Å²) >= 11 is 1.50. The second-order valence-corrected chi connectivity index (χ2v) is 9.06. The summed E-state index contributed by atoms with van der Waals surface area (Å²) in [5, 5.41) is 13.6. The Labute approximate surface area is 173 Å². The smallest absolute Gasteiger partial charge is 0.232 e. The minimum atomic E-state index is -0.278. The van der Waals surface area contributed by atoms with Crippen molar-refractivity contribution in [3.63, 3.8) is 0 Å². The number of benzene rings is 1. The van der Waals surface area contributed by atoms with Crippen LogP contribution in [-0.4, -0.2) is 37.6 Å². The summed E-state index contributed by atoms with van der Waals surface area (Å²) in [5.74, 6) is 2.18. The van der Waals surface area contributed by atoms with Crippen molar-refractivity contribution in [2.24, 2.45) is 0 Å².